The van der Waals surface area contributed by atoms with Crippen molar-refractivity contribution in [2.24, 2.45) is 17.8 Å². The predicted octanol–water partition coefficient (Wildman–Crippen LogP) is 3.39. The van der Waals surface area contributed by atoms with E-state index in [0.29, 0.717) is 17.8 Å². The summed E-state index contributed by atoms with van der Waals surface area (Å²) in [6, 6.07) is 10.1. The van der Waals surface area contributed by atoms with Gasteiger partial charge in [-0.25, -0.2) is 0 Å². The van der Waals surface area contributed by atoms with Crippen molar-refractivity contribution >= 4 is 0 Å². The summed E-state index contributed by atoms with van der Waals surface area (Å²) in [6.45, 7) is 7.42. The van der Waals surface area contributed by atoms with Gasteiger partial charge in [-0.2, -0.15) is 0 Å². The van der Waals surface area contributed by atoms with E-state index in [1.165, 1.54) is 0 Å². The SMILES string of the molecule is C[C@@H](CO)C[C@H](C)[C@H]1OC(c2ccccc2)OC[C@@H]1C. The van der Waals surface area contributed by atoms with E-state index in [-0.39, 0.29) is 19.0 Å². The summed E-state index contributed by atoms with van der Waals surface area (Å²) in [5.74, 6) is 1.12. The van der Waals surface area contributed by atoms with E-state index >= 15 is 0 Å². The standard InChI is InChI=1S/C17H26O3/c1-12(10-18)9-13(2)16-14(3)11-19-17(20-16)15-7-5-4-6-8-15/h4-8,12-14,16-18H,9-11H2,1-3H3/t12-,13+,14+,16-,17?/m1/s1. The molecule has 0 aliphatic carbocycles. The van der Waals surface area contributed by atoms with Gasteiger partial charge in [-0.1, -0.05) is 51.1 Å². The summed E-state index contributed by atoms with van der Waals surface area (Å²) in [4.78, 5) is 0. The maximum Gasteiger partial charge on any atom is 0.184 e. The first-order valence-corrected chi connectivity index (χ1v) is 7.54. The molecule has 1 unspecified atom stereocenters. The number of rotatable bonds is 5. The monoisotopic (exact) mass is 278 g/mol. The fourth-order valence-corrected chi connectivity index (χ4v) is 2.97. The molecule has 1 aliphatic rings. The van der Waals surface area contributed by atoms with Gasteiger partial charge in [0, 0.05) is 18.1 Å². The Labute approximate surface area is 121 Å². The molecule has 1 aliphatic heterocycles. The minimum atomic E-state index is -0.260. The molecule has 1 saturated heterocycles. The number of aliphatic hydroxyl groups excluding tert-OH is 1. The van der Waals surface area contributed by atoms with E-state index in [2.05, 4.69) is 20.8 Å². The Morgan fingerprint density at radius 3 is 2.60 bits per heavy atom. The highest BCUT2D eigenvalue weighted by molar-refractivity contribution is 5.16. The fourth-order valence-electron chi connectivity index (χ4n) is 2.97. The Morgan fingerprint density at radius 1 is 1.25 bits per heavy atom. The molecule has 5 atom stereocenters. The van der Waals surface area contributed by atoms with Crippen molar-refractivity contribution in [3.63, 3.8) is 0 Å². The predicted molar refractivity (Wildman–Crippen MR) is 79.2 cm³/mol. The molecule has 1 aromatic carbocycles. The molecule has 0 spiro atoms. The van der Waals surface area contributed by atoms with Crippen LogP contribution in [-0.2, 0) is 9.47 Å². The van der Waals surface area contributed by atoms with Gasteiger partial charge in [0.25, 0.3) is 0 Å². The van der Waals surface area contributed by atoms with Crippen LogP contribution in [0.15, 0.2) is 30.3 Å². The summed E-state index contributed by atoms with van der Waals surface area (Å²) in [5.41, 5.74) is 1.08. The van der Waals surface area contributed by atoms with Gasteiger partial charge < -0.3 is 14.6 Å². The van der Waals surface area contributed by atoms with Gasteiger partial charge in [-0.3, -0.25) is 0 Å². The average molecular weight is 278 g/mol. The van der Waals surface area contributed by atoms with Crippen molar-refractivity contribution < 1.29 is 14.6 Å². The molecule has 1 N–H and O–H groups in total. The lowest BCUT2D eigenvalue weighted by molar-refractivity contribution is -0.250. The van der Waals surface area contributed by atoms with Gasteiger partial charge in [-0.15, -0.1) is 0 Å². The lowest BCUT2D eigenvalue weighted by Gasteiger charge is -2.39. The molecule has 112 valence electrons. The molecule has 1 heterocycles. The molecular weight excluding hydrogens is 252 g/mol. The van der Waals surface area contributed by atoms with Gasteiger partial charge >= 0.3 is 0 Å². The third-order valence-electron chi connectivity index (χ3n) is 4.07. The Bertz CT molecular complexity index is 392. The van der Waals surface area contributed by atoms with Crippen molar-refractivity contribution in [1.29, 1.82) is 0 Å². The first-order valence-electron chi connectivity index (χ1n) is 7.54. The van der Waals surface area contributed by atoms with Crippen LogP contribution in [0.1, 0.15) is 39.0 Å². The van der Waals surface area contributed by atoms with Crippen LogP contribution in [0.5, 0.6) is 0 Å². The summed E-state index contributed by atoms with van der Waals surface area (Å²) in [5, 5.41) is 9.21. The Balaban J connectivity index is 2.01. The van der Waals surface area contributed by atoms with Crippen LogP contribution in [0.4, 0.5) is 0 Å². The lowest BCUT2D eigenvalue weighted by Crippen LogP contribution is -2.39. The molecule has 1 aromatic rings. The molecule has 20 heavy (non-hydrogen) atoms. The zero-order valence-corrected chi connectivity index (χ0v) is 12.7. The van der Waals surface area contributed by atoms with E-state index in [0.717, 1.165) is 18.6 Å². The van der Waals surface area contributed by atoms with Crippen LogP contribution in [0.2, 0.25) is 0 Å². The van der Waals surface area contributed by atoms with Crippen LogP contribution >= 0.6 is 0 Å². The van der Waals surface area contributed by atoms with Crippen molar-refractivity contribution in [3.8, 4) is 0 Å². The second kappa shape index (κ2) is 7.21. The third kappa shape index (κ3) is 3.81. The van der Waals surface area contributed by atoms with E-state index in [9.17, 15) is 5.11 Å². The van der Waals surface area contributed by atoms with Gasteiger partial charge in [0.15, 0.2) is 6.29 Å². The molecule has 3 heteroatoms. The van der Waals surface area contributed by atoms with E-state index in [1.54, 1.807) is 0 Å². The van der Waals surface area contributed by atoms with Crippen LogP contribution in [0, 0.1) is 17.8 Å². The second-order valence-corrected chi connectivity index (χ2v) is 6.15. The van der Waals surface area contributed by atoms with Crippen LogP contribution in [-0.4, -0.2) is 24.4 Å². The summed E-state index contributed by atoms with van der Waals surface area (Å²) in [7, 11) is 0. The Morgan fingerprint density at radius 2 is 1.95 bits per heavy atom. The second-order valence-electron chi connectivity index (χ2n) is 6.15. The van der Waals surface area contributed by atoms with Crippen LogP contribution in [0.3, 0.4) is 0 Å². The third-order valence-corrected chi connectivity index (χ3v) is 4.07. The number of benzene rings is 1. The maximum absolute atomic E-state index is 9.21. The molecule has 3 nitrogen and oxygen atoms in total. The van der Waals surface area contributed by atoms with E-state index < -0.39 is 0 Å². The zero-order chi connectivity index (χ0) is 14.5. The van der Waals surface area contributed by atoms with Crippen molar-refractivity contribution in [1.82, 2.24) is 0 Å². The highest BCUT2D eigenvalue weighted by atomic mass is 16.7. The van der Waals surface area contributed by atoms with E-state index in [1.807, 2.05) is 30.3 Å². The molecule has 2 rings (SSSR count). The van der Waals surface area contributed by atoms with Crippen LogP contribution in [0.25, 0.3) is 0 Å². The lowest BCUT2D eigenvalue weighted by atomic mass is 9.86. The highest BCUT2D eigenvalue weighted by Gasteiger charge is 2.33. The molecular formula is C17H26O3. The topological polar surface area (TPSA) is 38.7 Å². The molecule has 0 aromatic heterocycles. The van der Waals surface area contributed by atoms with Gasteiger partial charge in [0.05, 0.1) is 12.7 Å². The zero-order valence-electron chi connectivity index (χ0n) is 12.7. The smallest absolute Gasteiger partial charge is 0.184 e. The number of ether oxygens (including phenoxy) is 2. The molecule has 1 fully saturated rings. The van der Waals surface area contributed by atoms with Gasteiger partial charge in [0.1, 0.15) is 0 Å². The molecule has 0 saturated carbocycles. The van der Waals surface area contributed by atoms with Gasteiger partial charge in [-0.05, 0) is 18.3 Å². The maximum atomic E-state index is 9.21. The quantitative estimate of drug-likeness (QED) is 0.897. The molecule has 0 radical (unpaired) electrons. The molecule has 0 amide bonds. The van der Waals surface area contributed by atoms with Crippen molar-refractivity contribution in [2.75, 3.05) is 13.2 Å². The Kier molecular flexibility index (Phi) is 5.58. The van der Waals surface area contributed by atoms with Crippen LogP contribution < -0.4 is 0 Å². The largest absolute Gasteiger partial charge is 0.396 e. The Hall–Kier alpha value is -0.900. The summed E-state index contributed by atoms with van der Waals surface area (Å²) in [6.07, 6.45) is 0.903. The summed E-state index contributed by atoms with van der Waals surface area (Å²) < 4.78 is 12.0. The highest BCUT2D eigenvalue weighted by Crippen LogP contribution is 2.34. The number of aliphatic hydroxyl groups is 1. The minimum Gasteiger partial charge on any atom is -0.396 e. The van der Waals surface area contributed by atoms with E-state index in [4.69, 9.17) is 9.47 Å². The minimum absolute atomic E-state index is 0.183. The first kappa shape index (κ1) is 15.5. The summed E-state index contributed by atoms with van der Waals surface area (Å²) >= 11 is 0. The number of hydrogen-bond donors (Lipinski definition) is 1. The van der Waals surface area contributed by atoms with Gasteiger partial charge in [0.2, 0.25) is 0 Å². The first-order chi connectivity index (χ1) is 9.61. The molecule has 0 bridgehead atoms. The van der Waals surface area contributed by atoms with Crippen molar-refractivity contribution in [3.05, 3.63) is 35.9 Å². The average Bonchev–Trinajstić information content (AvgIpc) is 2.48. The normalized spacial score (nSPS) is 29.9. The van der Waals surface area contributed by atoms with Crippen molar-refractivity contribution in [2.45, 2.75) is 39.6 Å². The number of hydrogen-bond acceptors (Lipinski definition) is 3. The fraction of sp³-hybridized carbons (Fsp3) is 0.647.